The Hall–Kier alpha value is -1.36. The molecule has 0 aliphatic carbocycles. The van der Waals surface area contributed by atoms with Gasteiger partial charge in [0.1, 0.15) is 6.54 Å². The van der Waals surface area contributed by atoms with Crippen LogP contribution in [0.2, 0.25) is 0 Å². The molecule has 0 N–H and O–H groups in total. The lowest BCUT2D eigenvalue weighted by atomic mass is 10.2. The molecule has 0 spiro atoms. The molecule has 5 heteroatoms. The highest BCUT2D eigenvalue weighted by molar-refractivity contribution is 9.10. The molecule has 2 amide bonds. The Morgan fingerprint density at radius 2 is 2.11 bits per heavy atom. The van der Waals surface area contributed by atoms with Crippen molar-refractivity contribution in [1.82, 2.24) is 9.80 Å². The van der Waals surface area contributed by atoms with E-state index < -0.39 is 0 Å². The maximum absolute atomic E-state index is 12.3. The molecule has 1 heterocycles. The minimum absolute atomic E-state index is 0.00385. The fraction of sp³-hybridized carbons (Fsp3) is 0.385. The summed E-state index contributed by atoms with van der Waals surface area (Å²) in [7, 11) is 1.77. The molecule has 0 unspecified atom stereocenters. The molecule has 0 saturated carbocycles. The molecule has 1 aromatic carbocycles. The van der Waals surface area contributed by atoms with Crippen LogP contribution in [0.3, 0.4) is 0 Å². The van der Waals surface area contributed by atoms with Crippen molar-refractivity contribution in [2.45, 2.75) is 6.42 Å². The van der Waals surface area contributed by atoms with Crippen molar-refractivity contribution in [2.24, 2.45) is 0 Å². The second-order valence-corrected chi connectivity index (χ2v) is 5.32. The predicted octanol–water partition coefficient (Wildman–Crippen LogP) is 1.75. The molecule has 0 radical (unpaired) electrons. The molecule has 4 nitrogen and oxygen atoms in total. The first kappa shape index (κ1) is 13.1. The number of benzene rings is 1. The lowest BCUT2D eigenvalue weighted by Crippen LogP contribution is -2.38. The van der Waals surface area contributed by atoms with Crippen LogP contribution in [0.4, 0.5) is 0 Å². The van der Waals surface area contributed by atoms with Gasteiger partial charge in [-0.2, -0.15) is 0 Å². The largest absolute Gasteiger partial charge is 0.344 e. The zero-order valence-corrected chi connectivity index (χ0v) is 11.8. The van der Waals surface area contributed by atoms with E-state index in [1.807, 2.05) is 12.1 Å². The highest BCUT2D eigenvalue weighted by Gasteiger charge is 2.23. The number of likely N-dealkylation sites (N-methyl/N-ethyl adjacent to an activating group) is 1. The van der Waals surface area contributed by atoms with Gasteiger partial charge in [0.25, 0.3) is 5.91 Å². The van der Waals surface area contributed by atoms with Crippen molar-refractivity contribution >= 4 is 27.7 Å². The van der Waals surface area contributed by atoms with Crippen LogP contribution in [0.25, 0.3) is 0 Å². The second kappa shape index (κ2) is 5.52. The topological polar surface area (TPSA) is 40.6 Å². The standard InChI is InChI=1S/C13H15BrN2O2/c1-15-6-3-7-16(9-12(15)17)13(18)10-4-2-5-11(14)8-10/h2,4-5,8H,3,6-7,9H2,1H3. The third-order valence-corrected chi connectivity index (χ3v) is 3.53. The van der Waals surface area contributed by atoms with E-state index in [1.54, 1.807) is 29.0 Å². The van der Waals surface area contributed by atoms with Crippen molar-refractivity contribution in [2.75, 3.05) is 26.7 Å². The van der Waals surface area contributed by atoms with Crippen LogP contribution in [0.15, 0.2) is 28.7 Å². The Morgan fingerprint density at radius 1 is 1.33 bits per heavy atom. The van der Waals surface area contributed by atoms with Crippen LogP contribution < -0.4 is 0 Å². The zero-order valence-electron chi connectivity index (χ0n) is 10.2. The number of nitrogens with zero attached hydrogens (tertiary/aromatic N) is 2. The molecule has 1 fully saturated rings. The van der Waals surface area contributed by atoms with Crippen LogP contribution in [0.1, 0.15) is 16.8 Å². The minimum Gasteiger partial charge on any atom is -0.344 e. The van der Waals surface area contributed by atoms with Crippen LogP contribution in [-0.4, -0.2) is 48.3 Å². The number of rotatable bonds is 1. The summed E-state index contributed by atoms with van der Waals surface area (Å²) >= 11 is 3.35. The molecule has 0 bridgehead atoms. The van der Waals surface area contributed by atoms with Gasteiger partial charge in [-0.3, -0.25) is 9.59 Å². The van der Waals surface area contributed by atoms with Crippen LogP contribution in [0.5, 0.6) is 0 Å². The van der Waals surface area contributed by atoms with Crippen molar-refractivity contribution in [1.29, 1.82) is 0 Å². The molecular formula is C13H15BrN2O2. The van der Waals surface area contributed by atoms with E-state index in [4.69, 9.17) is 0 Å². The van der Waals surface area contributed by atoms with Crippen LogP contribution in [0, 0.1) is 0 Å². The molecule has 1 aliphatic heterocycles. The van der Waals surface area contributed by atoms with Gasteiger partial charge in [-0.25, -0.2) is 0 Å². The summed E-state index contributed by atoms with van der Waals surface area (Å²) in [4.78, 5) is 27.3. The Balaban J connectivity index is 2.16. The minimum atomic E-state index is -0.0834. The van der Waals surface area contributed by atoms with E-state index in [9.17, 15) is 9.59 Å². The van der Waals surface area contributed by atoms with E-state index in [0.29, 0.717) is 18.7 Å². The predicted molar refractivity (Wildman–Crippen MR) is 72.3 cm³/mol. The number of amides is 2. The van der Waals surface area contributed by atoms with Gasteiger partial charge < -0.3 is 9.80 Å². The average molecular weight is 311 g/mol. The lowest BCUT2D eigenvalue weighted by Gasteiger charge is -2.19. The van der Waals surface area contributed by atoms with Gasteiger partial charge in [0.2, 0.25) is 5.91 Å². The summed E-state index contributed by atoms with van der Waals surface area (Å²) in [5, 5.41) is 0. The molecule has 18 heavy (non-hydrogen) atoms. The van der Waals surface area contributed by atoms with Gasteiger partial charge in [-0.15, -0.1) is 0 Å². The fourth-order valence-corrected chi connectivity index (χ4v) is 2.36. The van der Waals surface area contributed by atoms with Gasteiger partial charge in [-0.1, -0.05) is 22.0 Å². The van der Waals surface area contributed by atoms with Crippen molar-refractivity contribution in [3.8, 4) is 0 Å². The Morgan fingerprint density at radius 3 is 2.83 bits per heavy atom. The summed E-state index contributed by atoms with van der Waals surface area (Å²) in [5.41, 5.74) is 0.613. The summed E-state index contributed by atoms with van der Waals surface area (Å²) in [6.45, 7) is 1.50. The monoisotopic (exact) mass is 310 g/mol. The summed E-state index contributed by atoms with van der Waals surface area (Å²) < 4.78 is 0.867. The number of hydrogen-bond donors (Lipinski definition) is 0. The SMILES string of the molecule is CN1CCCN(C(=O)c2cccc(Br)c2)CC1=O. The quantitative estimate of drug-likeness (QED) is 0.793. The normalized spacial score (nSPS) is 16.7. The van der Waals surface area contributed by atoms with Gasteiger partial charge in [0, 0.05) is 30.2 Å². The summed E-state index contributed by atoms with van der Waals surface area (Å²) in [6, 6.07) is 7.24. The third kappa shape index (κ3) is 2.90. The smallest absolute Gasteiger partial charge is 0.254 e. The highest BCUT2D eigenvalue weighted by Crippen LogP contribution is 2.14. The first-order valence-electron chi connectivity index (χ1n) is 5.87. The number of hydrogen-bond acceptors (Lipinski definition) is 2. The second-order valence-electron chi connectivity index (χ2n) is 4.41. The zero-order chi connectivity index (χ0) is 13.1. The van der Waals surface area contributed by atoms with E-state index in [2.05, 4.69) is 15.9 Å². The molecule has 2 rings (SSSR count). The van der Waals surface area contributed by atoms with Crippen LogP contribution in [-0.2, 0) is 4.79 Å². The highest BCUT2D eigenvalue weighted by atomic mass is 79.9. The molecule has 96 valence electrons. The molecular weight excluding hydrogens is 296 g/mol. The van der Waals surface area contributed by atoms with E-state index in [1.165, 1.54) is 0 Å². The third-order valence-electron chi connectivity index (χ3n) is 3.03. The van der Waals surface area contributed by atoms with Gasteiger partial charge >= 0.3 is 0 Å². The first-order chi connectivity index (χ1) is 8.58. The number of carbonyl (C=O) groups is 2. The average Bonchev–Trinajstić information content (AvgIpc) is 2.51. The summed E-state index contributed by atoms with van der Waals surface area (Å²) in [6.07, 6.45) is 0.821. The molecule has 0 aromatic heterocycles. The molecule has 1 saturated heterocycles. The van der Waals surface area contributed by atoms with Gasteiger partial charge in [-0.05, 0) is 24.6 Å². The maximum Gasteiger partial charge on any atom is 0.254 e. The van der Waals surface area contributed by atoms with Crippen molar-refractivity contribution in [3.05, 3.63) is 34.3 Å². The van der Waals surface area contributed by atoms with Crippen LogP contribution >= 0.6 is 15.9 Å². The Kier molecular flexibility index (Phi) is 4.01. The van der Waals surface area contributed by atoms with Gasteiger partial charge in [0.15, 0.2) is 0 Å². The van der Waals surface area contributed by atoms with Gasteiger partial charge in [0.05, 0.1) is 0 Å². The van der Waals surface area contributed by atoms with E-state index >= 15 is 0 Å². The van der Waals surface area contributed by atoms with E-state index in [0.717, 1.165) is 10.9 Å². The van der Waals surface area contributed by atoms with Crippen molar-refractivity contribution < 1.29 is 9.59 Å². The van der Waals surface area contributed by atoms with E-state index in [-0.39, 0.29) is 18.4 Å². The van der Waals surface area contributed by atoms with Crippen molar-refractivity contribution in [3.63, 3.8) is 0 Å². The summed E-state index contributed by atoms with van der Waals surface area (Å²) in [5.74, 6) is -0.0872. The number of halogens is 1. The Bertz CT molecular complexity index is 476. The maximum atomic E-state index is 12.3. The molecule has 0 atom stereocenters. The fourth-order valence-electron chi connectivity index (χ4n) is 1.96. The lowest BCUT2D eigenvalue weighted by molar-refractivity contribution is -0.129. The molecule has 1 aromatic rings. The molecule has 1 aliphatic rings. The Labute approximate surface area is 115 Å². The first-order valence-corrected chi connectivity index (χ1v) is 6.66. The number of carbonyl (C=O) groups excluding carboxylic acids is 2.